The predicted molar refractivity (Wildman–Crippen MR) is 109 cm³/mol. The van der Waals surface area contributed by atoms with Crippen molar-refractivity contribution in [1.29, 1.82) is 0 Å². The van der Waals surface area contributed by atoms with Gasteiger partial charge in [-0.2, -0.15) is 0 Å². The van der Waals surface area contributed by atoms with Crippen LogP contribution in [0.4, 0.5) is 0 Å². The monoisotopic (exact) mass is 356 g/mol. The van der Waals surface area contributed by atoms with E-state index >= 15 is 0 Å². The van der Waals surface area contributed by atoms with Crippen LogP contribution >= 0.6 is 0 Å². The molecule has 0 heterocycles. The summed E-state index contributed by atoms with van der Waals surface area (Å²) in [6.45, 7) is 2.27. The second kappa shape index (κ2) is 29.2. The van der Waals surface area contributed by atoms with Gasteiger partial charge in [0.1, 0.15) is 0 Å². The van der Waals surface area contributed by atoms with Crippen molar-refractivity contribution < 1.29 is 9.90 Å². The summed E-state index contributed by atoms with van der Waals surface area (Å²) in [6.07, 6.45) is 20.2. The molecule has 0 radical (unpaired) electrons. The molecule has 5 heteroatoms. The van der Waals surface area contributed by atoms with Gasteiger partial charge in [0.15, 0.2) is 0 Å². The average molecular weight is 356 g/mol. The Morgan fingerprint density at radius 2 is 0.826 bits per heavy atom. The maximum atomic E-state index is 10.3. The minimum atomic E-state index is -0.653. The standard InChI is InChI=1S/C18H36O2.3Na.3H/c1-2-3-4-5-6-7-8-9-10-11-12-13-14-15-16-17-18(19)20;;;;;;/h2-17H2,1H3,(H,19,20);;;;;;. The zero-order valence-electron chi connectivity index (χ0n) is 13.7. The van der Waals surface area contributed by atoms with Crippen molar-refractivity contribution in [2.75, 3.05) is 0 Å². The van der Waals surface area contributed by atoms with Crippen LogP contribution in [0.25, 0.3) is 0 Å². The summed E-state index contributed by atoms with van der Waals surface area (Å²) < 4.78 is 0. The summed E-state index contributed by atoms with van der Waals surface area (Å²) >= 11 is 0. The van der Waals surface area contributed by atoms with E-state index in [-0.39, 0.29) is 88.7 Å². The van der Waals surface area contributed by atoms with Crippen LogP contribution in [0.1, 0.15) is 110 Å². The van der Waals surface area contributed by atoms with Crippen LogP contribution in [0.2, 0.25) is 0 Å². The normalized spacial score (nSPS) is 9.43. The number of hydrogen-bond donors (Lipinski definition) is 1. The number of hydrogen-bond acceptors (Lipinski definition) is 1. The van der Waals surface area contributed by atoms with Crippen LogP contribution in [-0.2, 0) is 4.79 Å². The number of unbranched alkanes of at least 4 members (excludes halogenated alkanes) is 14. The first-order valence-electron chi connectivity index (χ1n) is 8.99. The quantitative estimate of drug-likeness (QED) is 0.329. The molecule has 0 fully saturated rings. The zero-order chi connectivity index (χ0) is 14.9. The Bertz CT molecular complexity index is 214. The van der Waals surface area contributed by atoms with Gasteiger partial charge >= 0.3 is 94.6 Å². The van der Waals surface area contributed by atoms with E-state index in [0.717, 1.165) is 12.8 Å². The summed E-state index contributed by atoms with van der Waals surface area (Å²) in [4.78, 5) is 10.3. The Labute approximate surface area is 211 Å². The Morgan fingerprint density at radius 1 is 0.565 bits per heavy atom. The summed E-state index contributed by atoms with van der Waals surface area (Å²) in [5.41, 5.74) is 0. The Balaban J connectivity index is -0.000000602. The van der Waals surface area contributed by atoms with E-state index in [1.807, 2.05) is 0 Å². The van der Waals surface area contributed by atoms with Crippen molar-refractivity contribution in [3.8, 4) is 0 Å². The van der Waals surface area contributed by atoms with Gasteiger partial charge < -0.3 is 5.11 Å². The minimum absolute atomic E-state index is 0. The van der Waals surface area contributed by atoms with Gasteiger partial charge in [0.05, 0.1) is 0 Å². The first-order chi connectivity index (χ1) is 9.77. The molecule has 2 nitrogen and oxygen atoms in total. The number of carboxylic acid groups (broad SMARTS) is 1. The van der Waals surface area contributed by atoms with Gasteiger partial charge in [-0.1, -0.05) is 96.8 Å². The predicted octanol–water partition coefficient (Wildman–Crippen LogP) is 4.39. The van der Waals surface area contributed by atoms with E-state index in [1.165, 1.54) is 83.5 Å². The number of rotatable bonds is 16. The van der Waals surface area contributed by atoms with Crippen LogP contribution < -0.4 is 0 Å². The van der Waals surface area contributed by atoms with E-state index in [9.17, 15) is 4.79 Å². The van der Waals surface area contributed by atoms with Gasteiger partial charge in [0, 0.05) is 6.42 Å². The second-order valence-electron chi connectivity index (χ2n) is 6.09. The average Bonchev–Trinajstić information content (AvgIpc) is 2.43. The van der Waals surface area contributed by atoms with Gasteiger partial charge in [-0.25, -0.2) is 0 Å². The Hall–Kier alpha value is 2.47. The van der Waals surface area contributed by atoms with Crippen molar-refractivity contribution in [2.45, 2.75) is 110 Å². The van der Waals surface area contributed by atoms with E-state index in [0.29, 0.717) is 6.42 Å². The molecule has 0 bridgehead atoms. The molecule has 0 rings (SSSR count). The summed E-state index contributed by atoms with van der Waals surface area (Å²) in [5.74, 6) is -0.653. The Kier molecular flexibility index (Phi) is 42.1. The van der Waals surface area contributed by atoms with E-state index in [2.05, 4.69) is 6.92 Å². The number of aliphatic carboxylic acids is 1. The summed E-state index contributed by atoms with van der Waals surface area (Å²) in [7, 11) is 0. The van der Waals surface area contributed by atoms with Crippen molar-refractivity contribution in [1.82, 2.24) is 0 Å². The van der Waals surface area contributed by atoms with E-state index in [4.69, 9.17) is 5.11 Å². The van der Waals surface area contributed by atoms with Crippen molar-refractivity contribution >= 4 is 94.6 Å². The topological polar surface area (TPSA) is 37.3 Å². The maximum absolute atomic E-state index is 10.3. The van der Waals surface area contributed by atoms with Gasteiger partial charge in [-0.15, -0.1) is 0 Å². The van der Waals surface area contributed by atoms with Gasteiger partial charge in [-0.05, 0) is 6.42 Å². The third-order valence-corrected chi connectivity index (χ3v) is 3.99. The van der Waals surface area contributed by atoms with Crippen molar-refractivity contribution in [2.24, 2.45) is 0 Å². The molecule has 0 saturated heterocycles. The molecule has 0 aliphatic heterocycles. The molecule has 0 saturated carbocycles. The van der Waals surface area contributed by atoms with Crippen molar-refractivity contribution in [3.63, 3.8) is 0 Å². The molecular formula is C18H39Na3O2. The SMILES string of the molecule is CCCCCCCCCCCCCCCCCC(=O)O.[NaH].[NaH].[NaH]. The van der Waals surface area contributed by atoms with E-state index < -0.39 is 5.97 Å². The first-order valence-corrected chi connectivity index (χ1v) is 8.99. The molecule has 0 unspecified atom stereocenters. The first kappa shape index (κ1) is 33.1. The molecule has 0 aromatic carbocycles. The summed E-state index contributed by atoms with van der Waals surface area (Å²) in [5, 5.41) is 8.52. The van der Waals surface area contributed by atoms with Crippen LogP contribution in [0.5, 0.6) is 0 Å². The molecule has 0 aliphatic carbocycles. The second-order valence-corrected chi connectivity index (χ2v) is 6.09. The van der Waals surface area contributed by atoms with Crippen LogP contribution in [-0.4, -0.2) is 99.7 Å². The van der Waals surface area contributed by atoms with Crippen molar-refractivity contribution in [3.05, 3.63) is 0 Å². The van der Waals surface area contributed by atoms with Crippen LogP contribution in [0.3, 0.4) is 0 Å². The fraction of sp³-hybridized carbons (Fsp3) is 0.944. The van der Waals surface area contributed by atoms with Crippen LogP contribution in [0.15, 0.2) is 0 Å². The third-order valence-electron chi connectivity index (χ3n) is 3.99. The van der Waals surface area contributed by atoms with Crippen LogP contribution in [0, 0.1) is 0 Å². The van der Waals surface area contributed by atoms with Gasteiger partial charge in [0.25, 0.3) is 0 Å². The molecule has 0 amide bonds. The zero-order valence-corrected chi connectivity index (χ0v) is 13.7. The van der Waals surface area contributed by atoms with E-state index in [1.54, 1.807) is 0 Å². The number of carboxylic acids is 1. The molecule has 23 heavy (non-hydrogen) atoms. The fourth-order valence-corrected chi connectivity index (χ4v) is 2.65. The summed E-state index contributed by atoms with van der Waals surface area (Å²) in [6, 6.07) is 0. The molecular weight excluding hydrogens is 317 g/mol. The Morgan fingerprint density at radius 3 is 1.09 bits per heavy atom. The molecule has 126 valence electrons. The van der Waals surface area contributed by atoms with Gasteiger partial charge in [0.2, 0.25) is 0 Å². The molecule has 0 aromatic heterocycles. The third kappa shape index (κ3) is 32.6. The molecule has 0 spiro atoms. The molecule has 1 N–H and O–H groups in total. The van der Waals surface area contributed by atoms with Gasteiger partial charge in [-0.3, -0.25) is 4.79 Å². The number of carbonyl (C=O) groups is 1. The molecule has 0 aliphatic rings. The molecule has 0 aromatic rings. The molecule has 0 atom stereocenters. The fourth-order valence-electron chi connectivity index (χ4n) is 2.65.